The highest BCUT2D eigenvalue weighted by Crippen LogP contribution is 2.37. The molecule has 0 unspecified atom stereocenters. The van der Waals surface area contributed by atoms with Crippen molar-refractivity contribution in [3.05, 3.63) is 98.1 Å². The fourth-order valence-corrected chi connectivity index (χ4v) is 3.95. The third-order valence-corrected chi connectivity index (χ3v) is 6.07. The first-order valence-corrected chi connectivity index (χ1v) is 10.6. The maximum atomic E-state index is 12.8. The van der Waals surface area contributed by atoms with Crippen molar-refractivity contribution in [2.45, 2.75) is 6.92 Å². The molecule has 4 rings (SSSR count). The number of benzene rings is 2. The Bertz CT molecular complexity index is 1460. The van der Waals surface area contributed by atoms with Crippen molar-refractivity contribution in [2.75, 3.05) is 0 Å². The Labute approximate surface area is 203 Å². The van der Waals surface area contributed by atoms with E-state index in [0.717, 1.165) is 0 Å². The number of halogens is 3. The van der Waals surface area contributed by atoms with E-state index in [2.05, 4.69) is 32.7 Å². The molecular weight excluding hydrogens is 485 g/mol. The second-order valence-electron chi connectivity index (χ2n) is 6.79. The van der Waals surface area contributed by atoms with Crippen LogP contribution in [0.4, 0.5) is 0 Å². The third-order valence-electron chi connectivity index (χ3n) is 4.74. The second-order valence-corrected chi connectivity index (χ2v) is 7.92. The third kappa shape index (κ3) is 4.50. The quantitative estimate of drug-likeness (QED) is 0.242. The van der Waals surface area contributed by atoms with E-state index in [1.165, 1.54) is 0 Å². The number of nitrogens with one attached hydrogen (secondary N) is 2. The Morgan fingerprint density at radius 2 is 1.67 bits per heavy atom. The molecule has 0 aliphatic heterocycles. The molecule has 0 spiro atoms. The molecule has 2 aromatic heterocycles. The number of fused-ring (bicyclic) bond motifs is 1. The molecule has 2 aromatic carbocycles. The van der Waals surface area contributed by atoms with Gasteiger partial charge in [-0.25, -0.2) is 4.98 Å². The first-order valence-electron chi connectivity index (χ1n) is 9.50. The van der Waals surface area contributed by atoms with Gasteiger partial charge in [0.2, 0.25) is 0 Å². The fourth-order valence-electron chi connectivity index (χ4n) is 3.02. The van der Waals surface area contributed by atoms with E-state index in [1.54, 1.807) is 66.4 Å². The zero-order valence-electron chi connectivity index (χ0n) is 17.0. The molecule has 164 valence electrons. The number of hydrogen-bond acceptors (Lipinski definition) is 4. The lowest BCUT2D eigenvalue weighted by molar-refractivity contribution is 0.0847. The summed E-state index contributed by atoms with van der Waals surface area (Å²) < 4.78 is 1.76. The highest BCUT2D eigenvalue weighted by molar-refractivity contribution is 6.47. The summed E-state index contributed by atoms with van der Waals surface area (Å²) in [4.78, 5) is 33.3. The average Bonchev–Trinajstić information content (AvgIpc) is 3.25. The molecule has 0 saturated carbocycles. The van der Waals surface area contributed by atoms with Crippen LogP contribution in [0.2, 0.25) is 15.1 Å². The van der Waals surface area contributed by atoms with Gasteiger partial charge < -0.3 is 0 Å². The van der Waals surface area contributed by atoms with Gasteiger partial charge in [-0.15, -0.1) is 0 Å². The summed E-state index contributed by atoms with van der Waals surface area (Å²) in [6, 6.07) is 8.39. The van der Waals surface area contributed by atoms with Gasteiger partial charge in [-0.3, -0.25) is 29.8 Å². The molecule has 2 heterocycles. The Balaban J connectivity index is 1.66. The van der Waals surface area contributed by atoms with Crippen LogP contribution in [0.5, 0.6) is 0 Å². The molecule has 0 radical (unpaired) electrons. The first-order chi connectivity index (χ1) is 15.9. The van der Waals surface area contributed by atoms with Crippen LogP contribution >= 0.6 is 34.8 Å². The van der Waals surface area contributed by atoms with Gasteiger partial charge in [0.05, 0.1) is 33.0 Å². The van der Waals surface area contributed by atoms with Crippen molar-refractivity contribution >= 4 is 52.3 Å². The van der Waals surface area contributed by atoms with Gasteiger partial charge in [0, 0.05) is 23.5 Å². The zero-order chi connectivity index (χ0) is 23.5. The van der Waals surface area contributed by atoms with E-state index < -0.39 is 11.8 Å². The minimum Gasteiger partial charge on any atom is -0.290 e. The summed E-state index contributed by atoms with van der Waals surface area (Å²) in [5.41, 5.74) is 6.97. The monoisotopic (exact) mass is 497 g/mol. The maximum absolute atomic E-state index is 12.8. The van der Waals surface area contributed by atoms with E-state index in [0.29, 0.717) is 28.0 Å². The molecule has 0 saturated heterocycles. The molecule has 0 aliphatic carbocycles. The van der Waals surface area contributed by atoms with Crippen molar-refractivity contribution in [2.24, 2.45) is 0 Å². The normalized spacial score (nSPS) is 10.4. The highest BCUT2D eigenvalue weighted by Gasteiger charge is 2.23. The lowest BCUT2D eigenvalue weighted by Crippen LogP contribution is -2.42. The number of hydrogen-bond donors (Lipinski definition) is 2. The summed E-state index contributed by atoms with van der Waals surface area (Å²) in [5, 5.41) is 0.0978. The van der Waals surface area contributed by atoms with E-state index in [9.17, 15) is 9.59 Å². The van der Waals surface area contributed by atoms with Crippen LogP contribution in [0.3, 0.4) is 0 Å². The lowest BCUT2D eigenvalue weighted by Gasteiger charge is -2.14. The molecule has 2 N–H and O–H groups in total. The molecular formula is C23H14Cl3N5O2. The van der Waals surface area contributed by atoms with Crippen LogP contribution < -0.4 is 10.9 Å². The van der Waals surface area contributed by atoms with Crippen LogP contribution in [-0.4, -0.2) is 26.2 Å². The van der Waals surface area contributed by atoms with Crippen molar-refractivity contribution in [3.8, 4) is 11.8 Å². The smallest absolute Gasteiger partial charge is 0.272 e. The zero-order valence-corrected chi connectivity index (χ0v) is 19.3. The molecule has 10 heteroatoms. The van der Waals surface area contributed by atoms with Crippen molar-refractivity contribution < 1.29 is 9.59 Å². The Morgan fingerprint density at radius 3 is 2.42 bits per heavy atom. The summed E-state index contributed by atoms with van der Waals surface area (Å²) in [6.45, 7) is 1.70. The predicted octanol–water partition coefficient (Wildman–Crippen LogP) is 4.47. The standard InChI is InChI=1S/C23H14Cl3N5O2/c1-13-16(8-7-15-11-28-17-12-27-9-10-31(15)17)20(25)18(21(26)19(13)24)23(33)30-29-22(32)14-5-3-2-4-6-14/h2-6,9-12H,1H3,(H,29,32)(H,30,33). The van der Waals surface area contributed by atoms with E-state index >= 15 is 0 Å². The number of rotatable bonds is 2. The van der Waals surface area contributed by atoms with Crippen LogP contribution in [-0.2, 0) is 0 Å². The molecule has 0 fully saturated rings. The van der Waals surface area contributed by atoms with Gasteiger partial charge in [0.15, 0.2) is 5.65 Å². The first kappa shape index (κ1) is 22.6. The molecule has 4 aromatic rings. The summed E-state index contributed by atoms with van der Waals surface area (Å²) >= 11 is 19.2. The van der Waals surface area contributed by atoms with Gasteiger partial charge in [-0.05, 0) is 30.5 Å². The minimum absolute atomic E-state index is 0.0105. The topological polar surface area (TPSA) is 88.4 Å². The average molecular weight is 499 g/mol. The van der Waals surface area contributed by atoms with Crippen LogP contribution in [0, 0.1) is 18.8 Å². The van der Waals surface area contributed by atoms with E-state index in [-0.39, 0.29) is 20.6 Å². The fraction of sp³-hybridized carbons (Fsp3) is 0.0435. The molecule has 2 amide bonds. The van der Waals surface area contributed by atoms with Gasteiger partial charge in [-0.2, -0.15) is 0 Å². The molecule has 7 nitrogen and oxygen atoms in total. The summed E-state index contributed by atoms with van der Waals surface area (Å²) in [7, 11) is 0. The Kier molecular flexibility index (Phi) is 6.52. The highest BCUT2D eigenvalue weighted by atomic mass is 35.5. The number of hydrazine groups is 1. The number of nitrogens with zero attached hydrogens (tertiary/aromatic N) is 3. The lowest BCUT2D eigenvalue weighted by atomic mass is 10.0. The minimum atomic E-state index is -0.736. The molecule has 0 aliphatic rings. The second kappa shape index (κ2) is 9.51. The Hall–Kier alpha value is -3.57. The SMILES string of the molecule is Cc1c(Cl)c(Cl)c(C(=O)NNC(=O)c2ccccc2)c(Cl)c1C#Cc1cnc2cnccn12. The summed E-state index contributed by atoms with van der Waals surface area (Å²) in [5.74, 6) is 4.70. The number of amides is 2. The molecule has 0 atom stereocenters. The molecule has 33 heavy (non-hydrogen) atoms. The van der Waals surface area contributed by atoms with Crippen LogP contribution in [0.15, 0.2) is 55.1 Å². The van der Waals surface area contributed by atoms with Crippen molar-refractivity contribution in [1.29, 1.82) is 0 Å². The van der Waals surface area contributed by atoms with Gasteiger partial charge in [-0.1, -0.05) is 58.9 Å². The number of imidazole rings is 1. The number of carbonyl (C=O) groups excluding carboxylic acids is 2. The van der Waals surface area contributed by atoms with E-state index in [1.807, 2.05) is 0 Å². The Morgan fingerprint density at radius 1 is 0.939 bits per heavy atom. The van der Waals surface area contributed by atoms with Gasteiger partial charge in [0.25, 0.3) is 11.8 Å². The van der Waals surface area contributed by atoms with Gasteiger partial charge in [0.1, 0.15) is 5.69 Å². The van der Waals surface area contributed by atoms with Crippen molar-refractivity contribution in [3.63, 3.8) is 0 Å². The largest absolute Gasteiger partial charge is 0.290 e. The van der Waals surface area contributed by atoms with Crippen LogP contribution in [0.25, 0.3) is 5.65 Å². The number of aromatic nitrogens is 3. The van der Waals surface area contributed by atoms with E-state index in [4.69, 9.17) is 34.8 Å². The number of carbonyl (C=O) groups is 2. The predicted molar refractivity (Wildman–Crippen MR) is 127 cm³/mol. The summed E-state index contributed by atoms with van der Waals surface area (Å²) in [6.07, 6.45) is 6.54. The molecule has 0 bridgehead atoms. The van der Waals surface area contributed by atoms with Gasteiger partial charge >= 0.3 is 0 Å². The van der Waals surface area contributed by atoms with Crippen molar-refractivity contribution in [1.82, 2.24) is 25.2 Å². The van der Waals surface area contributed by atoms with Crippen LogP contribution in [0.1, 0.15) is 37.5 Å². The maximum Gasteiger partial charge on any atom is 0.272 e.